The molecule has 1 saturated heterocycles. The first-order chi connectivity index (χ1) is 15.4. The van der Waals surface area contributed by atoms with E-state index in [4.69, 9.17) is 0 Å². The van der Waals surface area contributed by atoms with E-state index in [1.165, 1.54) is 0 Å². The van der Waals surface area contributed by atoms with Gasteiger partial charge in [0, 0.05) is 37.6 Å². The highest BCUT2D eigenvalue weighted by Gasteiger charge is 2.42. The van der Waals surface area contributed by atoms with Crippen LogP contribution in [0.2, 0.25) is 0 Å². The summed E-state index contributed by atoms with van der Waals surface area (Å²) >= 11 is 0. The van der Waals surface area contributed by atoms with Gasteiger partial charge >= 0.3 is 6.18 Å². The molecule has 1 aliphatic carbocycles. The molecule has 4 nitrogen and oxygen atoms in total. The number of imidazole rings is 1. The second kappa shape index (κ2) is 8.37. The molecule has 0 radical (unpaired) electrons. The van der Waals surface area contributed by atoms with E-state index in [0.29, 0.717) is 18.4 Å². The summed E-state index contributed by atoms with van der Waals surface area (Å²) in [6, 6.07) is 15.4. The van der Waals surface area contributed by atoms with Gasteiger partial charge in [-0.25, -0.2) is 4.98 Å². The Bertz CT molecular complexity index is 1050. The Morgan fingerprint density at radius 3 is 2.31 bits per heavy atom. The van der Waals surface area contributed by atoms with Gasteiger partial charge in [-0.15, -0.1) is 0 Å². The number of halogens is 3. The molecular weight excluding hydrogens is 415 g/mol. The number of hydrogen-bond acceptors (Lipinski definition) is 3. The van der Waals surface area contributed by atoms with Gasteiger partial charge in [0.15, 0.2) is 0 Å². The molecule has 0 bridgehead atoms. The predicted octanol–water partition coefficient (Wildman–Crippen LogP) is 5.01. The maximum absolute atomic E-state index is 12.8. The Kier molecular flexibility index (Phi) is 5.55. The van der Waals surface area contributed by atoms with Gasteiger partial charge < -0.3 is 9.67 Å². The molecular formula is C25H26F3N3O. The molecule has 0 spiro atoms. The quantitative estimate of drug-likeness (QED) is 0.619. The summed E-state index contributed by atoms with van der Waals surface area (Å²) in [6.45, 7) is 2.39. The molecule has 168 valence electrons. The van der Waals surface area contributed by atoms with Crippen molar-refractivity contribution in [2.45, 2.75) is 37.7 Å². The molecule has 2 heterocycles. The van der Waals surface area contributed by atoms with Crippen molar-refractivity contribution in [2.24, 2.45) is 11.8 Å². The number of aromatic nitrogens is 2. The van der Waals surface area contributed by atoms with E-state index in [1.807, 2.05) is 36.5 Å². The van der Waals surface area contributed by atoms with Gasteiger partial charge in [-0.1, -0.05) is 42.5 Å². The first kappa shape index (κ1) is 21.2. The van der Waals surface area contributed by atoms with Crippen LogP contribution in [0.4, 0.5) is 13.2 Å². The molecule has 2 aliphatic rings. The zero-order chi connectivity index (χ0) is 22.3. The maximum Gasteiger partial charge on any atom is 0.416 e. The molecule has 4 atom stereocenters. The van der Waals surface area contributed by atoms with Crippen LogP contribution >= 0.6 is 0 Å². The smallest absolute Gasteiger partial charge is 0.391 e. The summed E-state index contributed by atoms with van der Waals surface area (Å²) in [7, 11) is 0. The lowest BCUT2D eigenvalue weighted by molar-refractivity contribution is -0.137. The largest absolute Gasteiger partial charge is 0.416 e. The van der Waals surface area contributed by atoms with E-state index in [0.717, 1.165) is 55.0 Å². The standard InChI is InChI=1S/C25H26F3N3O/c26-25(27,28)21-8-6-17(7-9-21)14-30-15-19-12-22(23(32)13-20(19)16-30)31-11-10-29-24(31)18-4-2-1-3-5-18/h1-11,19-20,22-23,32H,12-16H2/t19-,20+,22-,23-/m0/s1. The normalized spacial score (nSPS) is 26.2. The van der Waals surface area contributed by atoms with Crippen molar-refractivity contribution in [1.82, 2.24) is 14.5 Å². The van der Waals surface area contributed by atoms with Crippen molar-refractivity contribution in [1.29, 1.82) is 0 Å². The molecule has 2 aromatic carbocycles. The van der Waals surface area contributed by atoms with Crippen molar-refractivity contribution in [3.05, 3.63) is 78.1 Å². The van der Waals surface area contributed by atoms with Crippen molar-refractivity contribution >= 4 is 0 Å². The number of likely N-dealkylation sites (tertiary alicyclic amines) is 1. The minimum atomic E-state index is -4.31. The summed E-state index contributed by atoms with van der Waals surface area (Å²) in [6.07, 6.45) is 0.576. The Morgan fingerprint density at radius 2 is 1.62 bits per heavy atom. The Labute approximate surface area is 185 Å². The molecule has 32 heavy (non-hydrogen) atoms. The van der Waals surface area contributed by atoms with Crippen LogP contribution in [-0.4, -0.2) is 38.8 Å². The summed E-state index contributed by atoms with van der Waals surface area (Å²) in [5.41, 5.74) is 1.30. The first-order valence-electron chi connectivity index (χ1n) is 11.0. The maximum atomic E-state index is 12.8. The zero-order valence-electron chi connectivity index (χ0n) is 17.6. The Hall–Kier alpha value is -2.64. The Balaban J connectivity index is 1.27. The third-order valence-electron chi connectivity index (χ3n) is 6.93. The molecule has 1 N–H and O–H groups in total. The van der Waals surface area contributed by atoms with Crippen LogP contribution in [0.3, 0.4) is 0 Å². The van der Waals surface area contributed by atoms with Gasteiger partial charge in [-0.05, 0) is 42.4 Å². The lowest BCUT2D eigenvalue weighted by atomic mass is 9.77. The fourth-order valence-corrected chi connectivity index (χ4v) is 5.38. The number of benzene rings is 2. The van der Waals surface area contributed by atoms with Crippen molar-refractivity contribution in [3.8, 4) is 11.4 Å². The van der Waals surface area contributed by atoms with E-state index in [-0.39, 0.29) is 6.04 Å². The van der Waals surface area contributed by atoms with Crippen LogP contribution in [0.25, 0.3) is 11.4 Å². The second-order valence-corrected chi connectivity index (χ2v) is 9.04. The highest BCUT2D eigenvalue weighted by atomic mass is 19.4. The molecule has 1 aliphatic heterocycles. The van der Waals surface area contributed by atoms with E-state index >= 15 is 0 Å². The average molecular weight is 441 g/mol. The summed E-state index contributed by atoms with van der Waals surface area (Å²) in [5.74, 6) is 1.72. The molecule has 1 aromatic heterocycles. The lowest BCUT2D eigenvalue weighted by Crippen LogP contribution is -2.36. The second-order valence-electron chi connectivity index (χ2n) is 9.04. The molecule has 0 amide bonds. The van der Waals surface area contributed by atoms with E-state index in [9.17, 15) is 18.3 Å². The fraction of sp³-hybridized carbons (Fsp3) is 0.400. The first-order valence-corrected chi connectivity index (χ1v) is 11.0. The van der Waals surface area contributed by atoms with Gasteiger partial charge in [0.2, 0.25) is 0 Å². The van der Waals surface area contributed by atoms with Crippen LogP contribution in [0, 0.1) is 11.8 Å². The van der Waals surface area contributed by atoms with Gasteiger partial charge in [0.1, 0.15) is 5.82 Å². The summed E-state index contributed by atoms with van der Waals surface area (Å²) in [5, 5.41) is 11.0. The number of fused-ring (bicyclic) bond motifs is 1. The van der Waals surface area contributed by atoms with E-state index < -0.39 is 17.8 Å². The lowest BCUT2D eigenvalue weighted by Gasteiger charge is -2.36. The minimum absolute atomic E-state index is 0.0278. The third kappa shape index (κ3) is 4.19. The topological polar surface area (TPSA) is 41.3 Å². The van der Waals surface area contributed by atoms with Gasteiger partial charge in [-0.3, -0.25) is 4.90 Å². The number of aliphatic hydroxyl groups is 1. The third-order valence-corrected chi connectivity index (χ3v) is 6.93. The monoisotopic (exact) mass is 441 g/mol. The van der Waals surface area contributed by atoms with Crippen molar-refractivity contribution < 1.29 is 18.3 Å². The highest BCUT2D eigenvalue weighted by Crippen LogP contribution is 2.43. The number of hydrogen-bond donors (Lipinski definition) is 1. The van der Waals surface area contributed by atoms with Crippen LogP contribution in [-0.2, 0) is 12.7 Å². The Morgan fingerprint density at radius 1 is 0.938 bits per heavy atom. The van der Waals surface area contributed by atoms with Crippen molar-refractivity contribution in [3.63, 3.8) is 0 Å². The molecule has 7 heteroatoms. The zero-order valence-corrected chi connectivity index (χ0v) is 17.6. The fourth-order valence-electron chi connectivity index (χ4n) is 5.38. The number of rotatable bonds is 4. The summed E-state index contributed by atoms with van der Waals surface area (Å²) in [4.78, 5) is 6.84. The summed E-state index contributed by atoms with van der Waals surface area (Å²) < 4.78 is 40.5. The average Bonchev–Trinajstić information content (AvgIpc) is 3.40. The van der Waals surface area contributed by atoms with Gasteiger partial charge in [0.25, 0.3) is 0 Å². The molecule has 1 saturated carbocycles. The molecule has 2 fully saturated rings. The van der Waals surface area contributed by atoms with Crippen LogP contribution in [0.1, 0.15) is 30.0 Å². The van der Waals surface area contributed by atoms with E-state index in [2.05, 4.69) is 14.5 Å². The van der Waals surface area contributed by atoms with E-state index in [1.54, 1.807) is 18.3 Å². The number of alkyl halides is 3. The van der Waals surface area contributed by atoms with Crippen LogP contribution in [0.5, 0.6) is 0 Å². The van der Waals surface area contributed by atoms with Gasteiger partial charge in [0.05, 0.1) is 17.7 Å². The SMILES string of the molecule is O[C@H]1C[C@@H]2CN(Cc3ccc(C(F)(F)F)cc3)C[C@@H]2C[C@@H]1n1ccnc1-c1ccccc1. The molecule has 3 aromatic rings. The predicted molar refractivity (Wildman–Crippen MR) is 116 cm³/mol. The van der Waals surface area contributed by atoms with Gasteiger partial charge in [-0.2, -0.15) is 13.2 Å². The van der Waals surface area contributed by atoms with Crippen LogP contribution < -0.4 is 0 Å². The highest BCUT2D eigenvalue weighted by molar-refractivity contribution is 5.55. The number of aliphatic hydroxyl groups excluding tert-OH is 1. The minimum Gasteiger partial charge on any atom is -0.391 e. The van der Waals surface area contributed by atoms with Crippen LogP contribution in [0.15, 0.2) is 67.0 Å². The number of nitrogens with zero attached hydrogens (tertiary/aromatic N) is 3. The van der Waals surface area contributed by atoms with Crippen molar-refractivity contribution in [2.75, 3.05) is 13.1 Å². The molecule has 5 rings (SSSR count). The molecule has 0 unspecified atom stereocenters.